The second-order valence-corrected chi connectivity index (χ2v) is 5.13. The Morgan fingerprint density at radius 1 is 1.50 bits per heavy atom. The zero-order chi connectivity index (χ0) is 13.1. The molecule has 2 aromatic rings. The highest BCUT2D eigenvalue weighted by Gasteiger charge is 2.11. The number of carboxylic acid groups (broad SMARTS) is 1. The number of hydrogen-bond acceptors (Lipinski definition) is 3. The molecule has 1 N–H and O–H groups in total. The molecule has 1 aromatic heterocycles. The molecule has 1 atom stereocenters. The summed E-state index contributed by atoms with van der Waals surface area (Å²) in [5.41, 5.74) is 2.25. The fourth-order valence-corrected chi connectivity index (χ4v) is 2.58. The standard InChI is InChI=1S/C14H15NO2S/c1-3-9(2)12-8-18-13(15-12)10-5-4-6-11(7-10)14(16)17/h4-9H,3H2,1-2H3,(H,16,17). The van der Waals surface area contributed by atoms with E-state index < -0.39 is 5.97 Å². The van der Waals surface area contributed by atoms with Gasteiger partial charge in [0.1, 0.15) is 5.01 Å². The first-order chi connectivity index (χ1) is 8.61. The minimum Gasteiger partial charge on any atom is -0.478 e. The largest absolute Gasteiger partial charge is 0.478 e. The van der Waals surface area contributed by atoms with Crippen molar-refractivity contribution < 1.29 is 9.90 Å². The molecule has 0 fully saturated rings. The number of carbonyl (C=O) groups is 1. The number of hydrogen-bond donors (Lipinski definition) is 1. The molecule has 4 heteroatoms. The van der Waals surface area contributed by atoms with E-state index in [2.05, 4.69) is 24.2 Å². The Morgan fingerprint density at radius 3 is 2.94 bits per heavy atom. The summed E-state index contributed by atoms with van der Waals surface area (Å²) in [7, 11) is 0. The van der Waals surface area contributed by atoms with Crippen LogP contribution in [0.5, 0.6) is 0 Å². The first kappa shape index (κ1) is 12.8. The topological polar surface area (TPSA) is 50.2 Å². The van der Waals surface area contributed by atoms with Gasteiger partial charge < -0.3 is 5.11 Å². The Hall–Kier alpha value is -1.68. The molecule has 94 valence electrons. The van der Waals surface area contributed by atoms with E-state index in [9.17, 15) is 4.79 Å². The van der Waals surface area contributed by atoms with Crippen LogP contribution in [0.25, 0.3) is 10.6 Å². The van der Waals surface area contributed by atoms with Crippen LogP contribution < -0.4 is 0 Å². The van der Waals surface area contributed by atoms with E-state index in [0.29, 0.717) is 11.5 Å². The molecule has 2 rings (SSSR count). The fourth-order valence-electron chi connectivity index (χ4n) is 1.64. The molecule has 18 heavy (non-hydrogen) atoms. The van der Waals surface area contributed by atoms with Gasteiger partial charge >= 0.3 is 5.97 Å². The lowest BCUT2D eigenvalue weighted by atomic mass is 10.1. The van der Waals surface area contributed by atoms with Crippen LogP contribution in [0.4, 0.5) is 0 Å². The van der Waals surface area contributed by atoms with Gasteiger partial charge in [0.05, 0.1) is 11.3 Å². The molecule has 1 aromatic carbocycles. The fraction of sp³-hybridized carbons (Fsp3) is 0.286. The van der Waals surface area contributed by atoms with Gasteiger partial charge in [0.25, 0.3) is 0 Å². The van der Waals surface area contributed by atoms with Gasteiger partial charge in [-0.05, 0) is 24.5 Å². The average molecular weight is 261 g/mol. The Balaban J connectivity index is 2.34. The van der Waals surface area contributed by atoms with Gasteiger partial charge in [-0.3, -0.25) is 0 Å². The molecule has 0 bridgehead atoms. The zero-order valence-electron chi connectivity index (χ0n) is 10.4. The van der Waals surface area contributed by atoms with E-state index in [1.165, 1.54) is 0 Å². The van der Waals surface area contributed by atoms with Gasteiger partial charge in [0, 0.05) is 10.9 Å². The van der Waals surface area contributed by atoms with Gasteiger partial charge in [-0.15, -0.1) is 11.3 Å². The normalized spacial score (nSPS) is 12.3. The van der Waals surface area contributed by atoms with Gasteiger partial charge in [0.15, 0.2) is 0 Å². The maximum absolute atomic E-state index is 10.9. The molecule has 0 spiro atoms. The average Bonchev–Trinajstić information content (AvgIpc) is 2.87. The molecule has 0 saturated heterocycles. The molecular formula is C14H15NO2S. The number of aromatic nitrogens is 1. The van der Waals surface area contributed by atoms with E-state index >= 15 is 0 Å². The lowest BCUT2D eigenvalue weighted by Crippen LogP contribution is -1.96. The molecule has 1 heterocycles. The summed E-state index contributed by atoms with van der Waals surface area (Å²) in [5.74, 6) is -0.465. The van der Waals surface area contributed by atoms with Crippen LogP contribution in [-0.2, 0) is 0 Å². The van der Waals surface area contributed by atoms with Crippen LogP contribution in [0.15, 0.2) is 29.6 Å². The van der Waals surface area contributed by atoms with E-state index in [1.807, 2.05) is 6.07 Å². The van der Waals surface area contributed by atoms with Crippen molar-refractivity contribution in [2.45, 2.75) is 26.2 Å². The molecule has 0 aliphatic rings. The maximum atomic E-state index is 10.9. The Morgan fingerprint density at radius 2 is 2.28 bits per heavy atom. The van der Waals surface area contributed by atoms with Gasteiger partial charge in [-0.2, -0.15) is 0 Å². The number of thiazole rings is 1. The van der Waals surface area contributed by atoms with Crippen LogP contribution in [0, 0.1) is 0 Å². The van der Waals surface area contributed by atoms with E-state index in [1.54, 1.807) is 29.5 Å². The van der Waals surface area contributed by atoms with Crippen molar-refractivity contribution in [2.24, 2.45) is 0 Å². The van der Waals surface area contributed by atoms with Gasteiger partial charge in [0.2, 0.25) is 0 Å². The van der Waals surface area contributed by atoms with Crippen molar-refractivity contribution in [3.8, 4) is 10.6 Å². The van der Waals surface area contributed by atoms with Crippen LogP contribution in [0.1, 0.15) is 42.2 Å². The monoisotopic (exact) mass is 261 g/mol. The lowest BCUT2D eigenvalue weighted by molar-refractivity contribution is 0.0697. The van der Waals surface area contributed by atoms with E-state index in [4.69, 9.17) is 5.11 Å². The third-order valence-electron chi connectivity index (χ3n) is 3.00. The molecule has 0 radical (unpaired) electrons. The van der Waals surface area contributed by atoms with Crippen molar-refractivity contribution in [3.63, 3.8) is 0 Å². The van der Waals surface area contributed by atoms with Crippen LogP contribution >= 0.6 is 11.3 Å². The summed E-state index contributed by atoms with van der Waals surface area (Å²) in [6.07, 6.45) is 1.05. The van der Waals surface area contributed by atoms with E-state index in [-0.39, 0.29) is 0 Å². The smallest absolute Gasteiger partial charge is 0.335 e. The predicted molar refractivity (Wildman–Crippen MR) is 73.2 cm³/mol. The third kappa shape index (κ3) is 2.59. The van der Waals surface area contributed by atoms with Crippen LogP contribution in [0.2, 0.25) is 0 Å². The summed E-state index contributed by atoms with van der Waals surface area (Å²) in [5, 5.41) is 11.9. The second kappa shape index (κ2) is 5.31. The van der Waals surface area contributed by atoms with Gasteiger partial charge in [-0.25, -0.2) is 9.78 Å². The predicted octanol–water partition coefficient (Wildman–Crippen LogP) is 4.02. The molecule has 3 nitrogen and oxygen atoms in total. The van der Waals surface area contributed by atoms with Crippen molar-refractivity contribution in [1.82, 2.24) is 4.98 Å². The molecule has 0 aliphatic carbocycles. The van der Waals surface area contributed by atoms with E-state index in [0.717, 1.165) is 22.7 Å². The maximum Gasteiger partial charge on any atom is 0.335 e. The SMILES string of the molecule is CCC(C)c1csc(-c2cccc(C(=O)O)c2)n1. The number of benzene rings is 1. The second-order valence-electron chi connectivity index (χ2n) is 4.27. The summed E-state index contributed by atoms with van der Waals surface area (Å²) < 4.78 is 0. The Kier molecular flexibility index (Phi) is 3.77. The molecule has 0 aliphatic heterocycles. The number of aromatic carboxylic acids is 1. The van der Waals surface area contributed by atoms with Crippen molar-refractivity contribution in [3.05, 3.63) is 40.9 Å². The van der Waals surface area contributed by atoms with Gasteiger partial charge in [-0.1, -0.05) is 26.0 Å². The zero-order valence-corrected chi connectivity index (χ0v) is 11.2. The number of rotatable bonds is 4. The van der Waals surface area contributed by atoms with Crippen molar-refractivity contribution in [1.29, 1.82) is 0 Å². The molecule has 0 saturated carbocycles. The highest BCUT2D eigenvalue weighted by atomic mass is 32.1. The minimum absolute atomic E-state index is 0.299. The molecule has 0 amide bonds. The third-order valence-corrected chi connectivity index (χ3v) is 3.91. The minimum atomic E-state index is -0.907. The number of nitrogens with zero attached hydrogens (tertiary/aromatic N) is 1. The highest BCUT2D eigenvalue weighted by Crippen LogP contribution is 2.28. The highest BCUT2D eigenvalue weighted by molar-refractivity contribution is 7.13. The number of carboxylic acids is 1. The molecule has 1 unspecified atom stereocenters. The summed E-state index contributed by atoms with van der Waals surface area (Å²) in [6, 6.07) is 6.91. The molecular weight excluding hydrogens is 246 g/mol. The van der Waals surface area contributed by atoms with Crippen molar-refractivity contribution in [2.75, 3.05) is 0 Å². The van der Waals surface area contributed by atoms with Crippen LogP contribution in [0.3, 0.4) is 0 Å². The first-order valence-electron chi connectivity index (χ1n) is 5.91. The summed E-state index contributed by atoms with van der Waals surface area (Å²) in [6.45, 7) is 4.28. The Bertz CT molecular complexity index is 562. The quantitative estimate of drug-likeness (QED) is 0.904. The van der Waals surface area contributed by atoms with Crippen LogP contribution in [-0.4, -0.2) is 16.1 Å². The summed E-state index contributed by atoms with van der Waals surface area (Å²) in [4.78, 5) is 15.5. The Labute approximate surface area is 110 Å². The lowest BCUT2D eigenvalue weighted by Gasteiger charge is -2.03. The first-order valence-corrected chi connectivity index (χ1v) is 6.79. The van der Waals surface area contributed by atoms with Crippen molar-refractivity contribution >= 4 is 17.3 Å². The summed E-state index contributed by atoms with van der Waals surface area (Å²) >= 11 is 1.56.